The Morgan fingerprint density at radius 1 is 1.21 bits per heavy atom. The highest BCUT2D eigenvalue weighted by atomic mass is 16.7. The Balaban J connectivity index is 1.71. The van der Waals surface area contributed by atoms with Gasteiger partial charge in [0.15, 0.2) is 0 Å². The number of ketones is 1. The predicted molar refractivity (Wildman–Crippen MR) is 51.3 cm³/mol. The monoisotopic (exact) mass is 196 g/mol. The summed E-state index contributed by atoms with van der Waals surface area (Å²) in [4.78, 5) is 11.5. The van der Waals surface area contributed by atoms with Crippen molar-refractivity contribution in [3.63, 3.8) is 0 Å². The molecule has 0 aromatic rings. The van der Waals surface area contributed by atoms with E-state index in [-0.39, 0.29) is 12.2 Å². The molecule has 1 aliphatic carbocycles. The third-order valence-electron chi connectivity index (χ3n) is 2.95. The van der Waals surface area contributed by atoms with Crippen molar-refractivity contribution in [1.29, 1.82) is 0 Å². The molecule has 1 unspecified atom stereocenters. The van der Waals surface area contributed by atoms with Gasteiger partial charge in [0.2, 0.25) is 6.29 Å². The molecular weight excluding hydrogens is 180 g/mol. The lowest BCUT2D eigenvalue weighted by Crippen LogP contribution is -2.21. The Morgan fingerprint density at radius 2 is 2.00 bits per heavy atom. The average molecular weight is 196 g/mol. The fourth-order valence-electron chi connectivity index (χ4n) is 2.11. The molecule has 0 amide bonds. The van der Waals surface area contributed by atoms with Crippen LogP contribution in [0.5, 0.6) is 0 Å². The highest BCUT2D eigenvalue weighted by Crippen LogP contribution is 2.26. The molecule has 1 aliphatic heterocycles. The van der Waals surface area contributed by atoms with Gasteiger partial charge in [-0.05, 0) is 19.3 Å². The second-order valence-electron chi connectivity index (χ2n) is 3.96. The summed E-state index contributed by atoms with van der Waals surface area (Å²) in [6.45, 7) is 0. The molecule has 0 N–H and O–H groups in total. The van der Waals surface area contributed by atoms with Gasteiger partial charge in [-0.15, -0.1) is 0 Å². The second-order valence-corrected chi connectivity index (χ2v) is 3.96. The predicted octanol–water partition coefficient (Wildman–Crippen LogP) is 2.37. The Kier molecular flexibility index (Phi) is 3.07. The fraction of sp³-hybridized carbons (Fsp3) is 0.727. The van der Waals surface area contributed by atoms with Gasteiger partial charge in [0, 0.05) is 18.8 Å². The molecule has 1 fully saturated rings. The third kappa shape index (κ3) is 2.28. The number of hydrogen-bond acceptors (Lipinski definition) is 3. The van der Waals surface area contributed by atoms with E-state index in [2.05, 4.69) is 0 Å². The van der Waals surface area contributed by atoms with Crippen LogP contribution >= 0.6 is 0 Å². The van der Waals surface area contributed by atoms with E-state index in [1.54, 1.807) is 12.5 Å². The van der Waals surface area contributed by atoms with Crippen LogP contribution in [0.2, 0.25) is 0 Å². The third-order valence-corrected chi connectivity index (χ3v) is 2.95. The number of ether oxygens (including phenoxy) is 2. The van der Waals surface area contributed by atoms with E-state index in [0.717, 1.165) is 32.1 Å². The van der Waals surface area contributed by atoms with Crippen molar-refractivity contribution in [1.82, 2.24) is 0 Å². The first-order valence-corrected chi connectivity index (χ1v) is 5.35. The zero-order chi connectivity index (χ0) is 9.80. The Morgan fingerprint density at radius 3 is 2.71 bits per heavy atom. The van der Waals surface area contributed by atoms with E-state index in [1.165, 1.54) is 6.42 Å². The highest BCUT2D eigenvalue weighted by Gasteiger charge is 2.24. The van der Waals surface area contributed by atoms with Gasteiger partial charge in [0.1, 0.15) is 18.3 Å². The van der Waals surface area contributed by atoms with Gasteiger partial charge in [-0.1, -0.05) is 6.42 Å². The standard InChI is InChI=1S/C11H16O3/c12-10-4-2-1-3-9(10)5-6-11-13-7-8-14-11/h7-9,11H,1-6H2. The maximum Gasteiger partial charge on any atom is 0.239 e. The van der Waals surface area contributed by atoms with Gasteiger partial charge in [-0.2, -0.15) is 0 Å². The molecule has 2 aliphatic rings. The van der Waals surface area contributed by atoms with Crippen LogP contribution in [0.25, 0.3) is 0 Å². The summed E-state index contributed by atoms with van der Waals surface area (Å²) >= 11 is 0. The average Bonchev–Trinajstić information content (AvgIpc) is 2.69. The summed E-state index contributed by atoms with van der Waals surface area (Å²) in [5.41, 5.74) is 0. The zero-order valence-electron chi connectivity index (χ0n) is 8.28. The number of carbonyl (C=O) groups excluding carboxylic acids is 1. The topological polar surface area (TPSA) is 35.5 Å². The van der Waals surface area contributed by atoms with E-state index in [0.29, 0.717) is 5.78 Å². The maximum atomic E-state index is 11.5. The van der Waals surface area contributed by atoms with Crippen molar-refractivity contribution in [2.75, 3.05) is 0 Å². The first-order chi connectivity index (χ1) is 6.86. The number of hydrogen-bond donors (Lipinski definition) is 0. The van der Waals surface area contributed by atoms with Crippen LogP contribution in [-0.4, -0.2) is 12.1 Å². The summed E-state index contributed by atoms with van der Waals surface area (Å²) in [6, 6.07) is 0. The van der Waals surface area contributed by atoms with Crippen LogP contribution < -0.4 is 0 Å². The van der Waals surface area contributed by atoms with Gasteiger partial charge >= 0.3 is 0 Å². The molecule has 0 saturated heterocycles. The highest BCUT2D eigenvalue weighted by molar-refractivity contribution is 5.81. The van der Waals surface area contributed by atoms with Crippen LogP contribution in [-0.2, 0) is 14.3 Å². The van der Waals surface area contributed by atoms with Gasteiger partial charge in [-0.3, -0.25) is 4.79 Å². The van der Waals surface area contributed by atoms with E-state index >= 15 is 0 Å². The van der Waals surface area contributed by atoms with E-state index in [9.17, 15) is 4.79 Å². The van der Waals surface area contributed by atoms with Crippen molar-refractivity contribution in [2.45, 2.75) is 44.8 Å². The first-order valence-electron chi connectivity index (χ1n) is 5.35. The fourth-order valence-corrected chi connectivity index (χ4v) is 2.11. The maximum absolute atomic E-state index is 11.5. The van der Waals surface area contributed by atoms with Crippen molar-refractivity contribution in [3.05, 3.63) is 12.5 Å². The van der Waals surface area contributed by atoms with Crippen LogP contribution in [0.1, 0.15) is 38.5 Å². The lowest BCUT2D eigenvalue weighted by Gasteiger charge is -2.21. The second kappa shape index (κ2) is 4.49. The molecule has 0 spiro atoms. The van der Waals surface area contributed by atoms with E-state index in [4.69, 9.17) is 9.47 Å². The molecule has 1 atom stereocenters. The van der Waals surface area contributed by atoms with Crippen LogP contribution in [0.4, 0.5) is 0 Å². The van der Waals surface area contributed by atoms with Crippen molar-refractivity contribution >= 4 is 5.78 Å². The van der Waals surface area contributed by atoms with Crippen LogP contribution in [0.3, 0.4) is 0 Å². The molecule has 1 saturated carbocycles. The number of rotatable bonds is 3. The van der Waals surface area contributed by atoms with Crippen molar-refractivity contribution in [3.8, 4) is 0 Å². The number of Topliss-reactive ketones (excluding diaryl/α,β-unsaturated/α-hetero) is 1. The smallest absolute Gasteiger partial charge is 0.239 e. The van der Waals surface area contributed by atoms with Crippen molar-refractivity contribution < 1.29 is 14.3 Å². The van der Waals surface area contributed by atoms with E-state index in [1.807, 2.05) is 0 Å². The van der Waals surface area contributed by atoms with Gasteiger partial charge in [0.05, 0.1) is 0 Å². The Hall–Kier alpha value is -0.990. The SMILES string of the molecule is O=C1CCCCC1CCC1OC=CO1. The Labute approximate surface area is 84.1 Å². The number of carbonyl (C=O) groups is 1. The molecule has 0 bridgehead atoms. The summed E-state index contributed by atoms with van der Waals surface area (Å²) in [5.74, 6) is 0.693. The minimum absolute atomic E-state index is 0.148. The normalized spacial score (nSPS) is 27.4. The summed E-state index contributed by atoms with van der Waals surface area (Å²) in [5, 5.41) is 0. The summed E-state index contributed by atoms with van der Waals surface area (Å²) in [6.07, 6.45) is 8.81. The van der Waals surface area contributed by atoms with Crippen molar-refractivity contribution in [2.24, 2.45) is 5.92 Å². The molecule has 3 heteroatoms. The zero-order valence-corrected chi connectivity index (χ0v) is 8.28. The molecule has 0 radical (unpaired) electrons. The summed E-state index contributed by atoms with van der Waals surface area (Å²) in [7, 11) is 0. The quantitative estimate of drug-likeness (QED) is 0.695. The Bertz CT molecular complexity index is 227. The molecule has 1 heterocycles. The molecule has 78 valence electrons. The summed E-state index contributed by atoms with van der Waals surface area (Å²) < 4.78 is 10.3. The molecule has 0 aromatic heterocycles. The molecule has 14 heavy (non-hydrogen) atoms. The largest absolute Gasteiger partial charge is 0.459 e. The minimum atomic E-state index is -0.148. The molecule has 3 nitrogen and oxygen atoms in total. The molecule has 0 aromatic carbocycles. The first kappa shape index (κ1) is 9.56. The van der Waals surface area contributed by atoms with Crippen LogP contribution in [0, 0.1) is 5.92 Å². The van der Waals surface area contributed by atoms with Crippen LogP contribution in [0.15, 0.2) is 12.5 Å². The van der Waals surface area contributed by atoms with E-state index < -0.39 is 0 Å². The van der Waals surface area contributed by atoms with Gasteiger partial charge in [0.25, 0.3) is 0 Å². The lowest BCUT2D eigenvalue weighted by molar-refractivity contribution is -0.125. The van der Waals surface area contributed by atoms with Gasteiger partial charge in [-0.25, -0.2) is 0 Å². The lowest BCUT2D eigenvalue weighted by atomic mass is 9.85. The van der Waals surface area contributed by atoms with Gasteiger partial charge < -0.3 is 9.47 Å². The minimum Gasteiger partial charge on any atom is -0.459 e. The molecule has 2 rings (SSSR count). The molecular formula is C11H16O3.